The van der Waals surface area contributed by atoms with Gasteiger partial charge in [0.15, 0.2) is 0 Å². The van der Waals surface area contributed by atoms with Crippen LogP contribution in [-0.2, 0) is 14.4 Å². The van der Waals surface area contributed by atoms with E-state index in [1.807, 2.05) is 32.0 Å². The molecule has 1 atom stereocenters. The maximum Gasteiger partial charge on any atom is 0.272 e. The zero-order valence-corrected chi connectivity index (χ0v) is 24.2. The summed E-state index contributed by atoms with van der Waals surface area (Å²) in [5, 5.41) is 4.91. The van der Waals surface area contributed by atoms with E-state index in [9.17, 15) is 19.2 Å². The average molecular weight is 580 g/mol. The summed E-state index contributed by atoms with van der Waals surface area (Å²) in [6.07, 6.45) is 1.54. The van der Waals surface area contributed by atoms with Crippen LogP contribution in [0.1, 0.15) is 39.4 Å². The van der Waals surface area contributed by atoms with E-state index in [0.29, 0.717) is 33.4 Å². The van der Waals surface area contributed by atoms with Crippen LogP contribution in [0.15, 0.2) is 99.9 Å². The van der Waals surface area contributed by atoms with Crippen molar-refractivity contribution in [1.29, 1.82) is 0 Å². The van der Waals surface area contributed by atoms with E-state index in [1.54, 1.807) is 73.7 Å². The third-order valence-electron chi connectivity index (χ3n) is 6.80. The first-order chi connectivity index (χ1) is 20.2. The van der Waals surface area contributed by atoms with Crippen LogP contribution >= 0.6 is 11.8 Å². The van der Waals surface area contributed by atoms with Gasteiger partial charge < -0.3 is 15.1 Å². The fraction of sp³-hybridized carbons (Fsp3) is 0.152. The Bertz CT molecular complexity index is 1710. The quantitative estimate of drug-likeness (QED) is 0.195. The molecule has 4 amide bonds. The molecule has 42 heavy (non-hydrogen) atoms. The predicted molar refractivity (Wildman–Crippen MR) is 163 cm³/mol. The number of amides is 4. The molecule has 9 heteroatoms. The second kappa shape index (κ2) is 12.3. The molecule has 1 saturated heterocycles. The molecule has 2 heterocycles. The lowest BCUT2D eigenvalue weighted by Crippen LogP contribution is -2.31. The number of hydrogen-bond acceptors (Lipinski definition) is 6. The molecule has 0 aliphatic carbocycles. The lowest BCUT2D eigenvalue weighted by Gasteiger charge is -2.16. The highest BCUT2D eigenvalue weighted by Crippen LogP contribution is 2.35. The molecule has 1 aliphatic heterocycles. The molecule has 1 aliphatic rings. The highest BCUT2D eigenvalue weighted by molar-refractivity contribution is 8.00. The summed E-state index contributed by atoms with van der Waals surface area (Å²) in [6.45, 7) is 5.71. The van der Waals surface area contributed by atoms with E-state index in [0.717, 1.165) is 11.1 Å². The van der Waals surface area contributed by atoms with Gasteiger partial charge in [0.25, 0.3) is 11.8 Å². The summed E-state index contributed by atoms with van der Waals surface area (Å²) < 4.78 is 5.59. The Labute approximate surface area is 247 Å². The minimum Gasteiger partial charge on any atom is -0.462 e. The van der Waals surface area contributed by atoms with Gasteiger partial charge in [0.1, 0.15) is 17.2 Å². The number of anilines is 2. The highest BCUT2D eigenvalue weighted by Gasteiger charge is 2.40. The fourth-order valence-corrected chi connectivity index (χ4v) is 5.57. The first-order valence-electron chi connectivity index (χ1n) is 13.3. The molecule has 1 aromatic heterocycles. The number of thioether (sulfide) groups is 1. The number of imide groups is 1. The first-order valence-corrected chi connectivity index (χ1v) is 14.2. The molecule has 5 rings (SSSR count). The van der Waals surface area contributed by atoms with Crippen molar-refractivity contribution >= 4 is 52.8 Å². The predicted octanol–water partition coefficient (Wildman–Crippen LogP) is 6.04. The Balaban J connectivity index is 1.31. The van der Waals surface area contributed by atoms with Crippen molar-refractivity contribution in [2.45, 2.75) is 37.3 Å². The van der Waals surface area contributed by atoms with Gasteiger partial charge in [0, 0.05) is 28.6 Å². The van der Waals surface area contributed by atoms with Gasteiger partial charge >= 0.3 is 0 Å². The molecule has 4 aromatic rings. The highest BCUT2D eigenvalue weighted by atomic mass is 32.2. The average Bonchev–Trinajstić information content (AvgIpc) is 3.51. The van der Waals surface area contributed by atoms with E-state index >= 15 is 0 Å². The second-order valence-corrected chi connectivity index (χ2v) is 11.2. The topological polar surface area (TPSA) is 109 Å². The van der Waals surface area contributed by atoms with E-state index < -0.39 is 17.1 Å². The van der Waals surface area contributed by atoms with Gasteiger partial charge in [-0.25, -0.2) is 4.90 Å². The molecule has 8 nitrogen and oxygen atoms in total. The van der Waals surface area contributed by atoms with Gasteiger partial charge in [-0.1, -0.05) is 30.3 Å². The number of hydrogen-bond donors (Lipinski definition) is 2. The van der Waals surface area contributed by atoms with Gasteiger partial charge in [-0.15, -0.1) is 11.8 Å². The van der Waals surface area contributed by atoms with Crippen LogP contribution in [0.4, 0.5) is 11.4 Å². The molecule has 0 unspecified atom stereocenters. The number of nitrogens with zero attached hydrogens (tertiary/aromatic N) is 1. The van der Waals surface area contributed by atoms with E-state index in [1.165, 1.54) is 22.7 Å². The number of rotatable bonds is 8. The van der Waals surface area contributed by atoms with Gasteiger partial charge in [0.05, 0.1) is 10.9 Å². The van der Waals surface area contributed by atoms with Crippen LogP contribution in [0.3, 0.4) is 0 Å². The Morgan fingerprint density at radius 2 is 1.69 bits per heavy atom. The standard InChI is InChI=1S/C33H29N3O5S/c1-20-12-14-25(16-21(20)2)36-30(37)19-29(33(36)40)42-27-11-7-10-24(17-27)34-32(39)28(18-26-15-13-22(3)41-26)35-31(38)23-8-5-4-6-9-23/h4-18,29H,19H2,1-3H3,(H,34,39)(H,35,38)/b28-18+/t29-/m1/s1. The number of carbonyl (C=O) groups excluding carboxylic acids is 4. The summed E-state index contributed by atoms with van der Waals surface area (Å²) in [5.74, 6) is -0.442. The summed E-state index contributed by atoms with van der Waals surface area (Å²) >= 11 is 1.27. The van der Waals surface area contributed by atoms with Gasteiger partial charge in [-0.2, -0.15) is 0 Å². The molecule has 0 saturated carbocycles. The molecule has 3 aromatic carbocycles. The summed E-state index contributed by atoms with van der Waals surface area (Å²) in [6, 6.07) is 24.6. The van der Waals surface area contributed by atoms with Crippen LogP contribution in [-0.4, -0.2) is 28.9 Å². The van der Waals surface area contributed by atoms with Crippen molar-refractivity contribution in [2.75, 3.05) is 10.2 Å². The third-order valence-corrected chi connectivity index (χ3v) is 7.98. The smallest absolute Gasteiger partial charge is 0.272 e. The zero-order valence-electron chi connectivity index (χ0n) is 23.3. The number of benzene rings is 3. The molecule has 0 radical (unpaired) electrons. The minimum atomic E-state index is -0.590. The van der Waals surface area contributed by atoms with Crippen molar-refractivity contribution in [3.63, 3.8) is 0 Å². The summed E-state index contributed by atoms with van der Waals surface area (Å²) in [4.78, 5) is 54.2. The van der Waals surface area contributed by atoms with Crippen LogP contribution in [0, 0.1) is 20.8 Å². The number of furan rings is 1. The van der Waals surface area contributed by atoms with Crippen molar-refractivity contribution in [3.8, 4) is 0 Å². The van der Waals surface area contributed by atoms with Crippen LogP contribution in [0.2, 0.25) is 0 Å². The van der Waals surface area contributed by atoms with E-state index in [2.05, 4.69) is 10.6 Å². The third kappa shape index (κ3) is 6.53. The van der Waals surface area contributed by atoms with Gasteiger partial charge in [-0.3, -0.25) is 19.2 Å². The van der Waals surface area contributed by atoms with Crippen LogP contribution in [0.5, 0.6) is 0 Å². The largest absolute Gasteiger partial charge is 0.462 e. The first kappa shape index (κ1) is 28.6. The monoisotopic (exact) mass is 579 g/mol. The van der Waals surface area contributed by atoms with E-state index in [4.69, 9.17) is 4.42 Å². The molecular weight excluding hydrogens is 550 g/mol. The van der Waals surface area contributed by atoms with E-state index in [-0.39, 0.29) is 23.9 Å². The molecule has 0 bridgehead atoms. The summed E-state index contributed by atoms with van der Waals surface area (Å²) in [7, 11) is 0. The van der Waals surface area contributed by atoms with Gasteiger partial charge in [-0.05, 0) is 86.5 Å². The Kier molecular flexibility index (Phi) is 8.40. The normalized spacial score (nSPS) is 15.2. The lowest BCUT2D eigenvalue weighted by molar-refractivity contribution is -0.121. The second-order valence-electron chi connectivity index (χ2n) is 9.96. The van der Waals surface area contributed by atoms with Crippen molar-refractivity contribution in [1.82, 2.24) is 5.32 Å². The molecule has 212 valence electrons. The fourth-order valence-electron chi connectivity index (χ4n) is 4.46. The molecule has 0 spiro atoms. The SMILES string of the molecule is Cc1ccc(/C=C(/NC(=O)c2ccccc2)C(=O)Nc2cccc(S[C@@H]3CC(=O)N(c4ccc(C)c(C)c4)C3=O)c2)o1. The molecule has 2 N–H and O–H groups in total. The minimum absolute atomic E-state index is 0.00291. The van der Waals surface area contributed by atoms with Gasteiger partial charge in [0.2, 0.25) is 11.8 Å². The molecule has 1 fully saturated rings. The number of aryl methyl sites for hydroxylation is 3. The number of nitrogens with one attached hydrogen (secondary N) is 2. The maximum absolute atomic E-state index is 13.3. The van der Waals surface area contributed by atoms with Crippen molar-refractivity contribution < 1.29 is 23.6 Å². The Morgan fingerprint density at radius 3 is 2.40 bits per heavy atom. The van der Waals surface area contributed by atoms with Crippen molar-refractivity contribution in [2.24, 2.45) is 0 Å². The number of carbonyl (C=O) groups is 4. The zero-order chi connectivity index (χ0) is 29.8. The summed E-state index contributed by atoms with van der Waals surface area (Å²) in [5.41, 5.74) is 3.51. The van der Waals surface area contributed by atoms with Crippen LogP contribution in [0.25, 0.3) is 6.08 Å². The van der Waals surface area contributed by atoms with Crippen LogP contribution < -0.4 is 15.5 Å². The maximum atomic E-state index is 13.3. The molecular formula is C33H29N3O5S. The van der Waals surface area contributed by atoms with Crippen molar-refractivity contribution in [3.05, 3.63) is 119 Å². The Hall–Kier alpha value is -4.89. The lowest BCUT2D eigenvalue weighted by atomic mass is 10.1. The Morgan fingerprint density at radius 1 is 0.905 bits per heavy atom.